The van der Waals surface area contributed by atoms with Crippen molar-refractivity contribution in [2.45, 2.75) is 81.1 Å². The number of carbonyl (C=O) groups excluding carboxylic acids is 1. The quantitative estimate of drug-likeness (QED) is 0.382. The lowest BCUT2D eigenvalue weighted by Gasteiger charge is -2.30. The minimum absolute atomic E-state index is 0.104. The summed E-state index contributed by atoms with van der Waals surface area (Å²) in [6.07, 6.45) is 10.4. The summed E-state index contributed by atoms with van der Waals surface area (Å²) in [6, 6.07) is 0. The summed E-state index contributed by atoms with van der Waals surface area (Å²) in [5, 5.41) is 0. The Kier molecular flexibility index (Phi) is 7.71. The predicted molar refractivity (Wildman–Crippen MR) is 107 cm³/mol. The van der Waals surface area contributed by atoms with Gasteiger partial charge in [0.05, 0.1) is 6.61 Å². The Bertz CT molecular complexity index is 551. The summed E-state index contributed by atoms with van der Waals surface area (Å²) in [5.41, 5.74) is 3.98. The van der Waals surface area contributed by atoms with E-state index in [4.69, 9.17) is 4.74 Å². The Hall–Kier alpha value is -1.31. The number of carbonyl (C=O) groups is 1. The molecule has 1 rings (SSSR count). The van der Waals surface area contributed by atoms with E-state index in [1.54, 1.807) is 0 Å². The molecule has 0 bridgehead atoms. The fourth-order valence-electron chi connectivity index (χ4n) is 2.82. The molecule has 0 saturated heterocycles. The van der Waals surface area contributed by atoms with Gasteiger partial charge in [0.1, 0.15) is 0 Å². The molecule has 0 aromatic heterocycles. The maximum atomic E-state index is 12.3. The molecule has 0 heterocycles. The van der Waals surface area contributed by atoms with E-state index in [0.717, 1.165) is 31.3 Å². The van der Waals surface area contributed by atoms with E-state index in [9.17, 15) is 4.79 Å². The molecule has 0 amide bonds. The smallest absolute Gasteiger partial charge is 0.334 e. The highest BCUT2D eigenvalue weighted by atomic mass is 16.5. The molecule has 1 aliphatic carbocycles. The minimum atomic E-state index is -0.140. The molecule has 0 atom stereocenters. The molecule has 142 valence electrons. The Labute approximate surface area is 155 Å². The Balaban J connectivity index is 2.64. The minimum Gasteiger partial charge on any atom is -0.462 e. The van der Waals surface area contributed by atoms with E-state index < -0.39 is 0 Å². The summed E-state index contributed by atoms with van der Waals surface area (Å²) < 4.78 is 5.41. The molecular weight excluding hydrogens is 308 g/mol. The van der Waals surface area contributed by atoms with Crippen molar-refractivity contribution >= 4 is 5.97 Å². The molecule has 2 heteroatoms. The van der Waals surface area contributed by atoms with Crippen LogP contribution in [0.4, 0.5) is 0 Å². The summed E-state index contributed by atoms with van der Waals surface area (Å²) in [5.74, 6) is 0.232. The third-order valence-corrected chi connectivity index (χ3v) is 5.19. The van der Waals surface area contributed by atoms with Crippen LogP contribution in [-0.4, -0.2) is 12.6 Å². The number of rotatable bonds is 7. The van der Waals surface area contributed by atoms with Crippen LogP contribution in [-0.2, 0) is 9.53 Å². The van der Waals surface area contributed by atoms with Crippen molar-refractivity contribution in [2.24, 2.45) is 16.7 Å². The van der Waals surface area contributed by atoms with Gasteiger partial charge in [-0.1, -0.05) is 77.8 Å². The predicted octanol–water partition coefficient (Wildman–Crippen LogP) is 6.63. The van der Waals surface area contributed by atoms with E-state index in [1.807, 2.05) is 6.08 Å². The van der Waals surface area contributed by atoms with Crippen molar-refractivity contribution in [2.75, 3.05) is 6.61 Å². The Morgan fingerprint density at radius 1 is 1.20 bits per heavy atom. The molecule has 0 N–H and O–H groups in total. The Morgan fingerprint density at radius 3 is 2.40 bits per heavy atom. The van der Waals surface area contributed by atoms with Gasteiger partial charge in [-0.05, 0) is 42.9 Å². The van der Waals surface area contributed by atoms with Crippen LogP contribution in [0.15, 0.2) is 34.9 Å². The second-order valence-corrected chi connectivity index (χ2v) is 9.42. The highest BCUT2D eigenvalue weighted by Gasteiger charge is 2.27. The normalized spacial score (nSPS) is 16.6. The van der Waals surface area contributed by atoms with Crippen molar-refractivity contribution in [3.8, 4) is 0 Å². The molecule has 0 radical (unpaired) electrons. The fourth-order valence-corrected chi connectivity index (χ4v) is 2.82. The lowest BCUT2D eigenvalue weighted by molar-refractivity contribution is -0.140. The zero-order chi connectivity index (χ0) is 19.3. The first-order chi connectivity index (χ1) is 11.4. The van der Waals surface area contributed by atoms with Crippen LogP contribution in [0.1, 0.15) is 81.1 Å². The lowest BCUT2D eigenvalue weighted by Crippen LogP contribution is -2.20. The van der Waals surface area contributed by atoms with Crippen LogP contribution in [0.5, 0.6) is 0 Å². The third-order valence-electron chi connectivity index (χ3n) is 5.19. The monoisotopic (exact) mass is 346 g/mol. The van der Waals surface area contributed by atoms with Gasteiger partial charge in [-0.15, -0.1) is 0 Å². The van der Waals surface area contributed by atoms with E-state index in [-0.39, 0.29) is 16.8 Å². The summed E-state index contributed by atoms with van der Waals surface area (Å²) in [4.78, 5) is 12.3. The summed E-state index contributed by atoms with van der Waals surface area (Å²) in [7, 11) is 0. The average Bonchev–Trinajstić information content (AvgIpc) is 2.51. The van der Waals surface area contributed by atoms with Gasteiger partial charge in [0.15, 0.2) is 0 Å². The van der Waals surface area contributed by atoms with Crippen LogP contribution in [0, 0.1) is 16.7 Å². The fraction of sp³-hybridized carbons (Fsp3) is 0.696. The van der Waals surface area contributed by atoms with Gasteiger partial charge in [-0.25, -0.2) is 4.79 Å². The van der Waals surface area contributed by atoms with Gasteiger partial charge in [-0.2, -0.15) is 0 Å². The van der Waals surface area contributed by atoms with E-state index in [1.165, 1.54) is 11.1 Å². The molecule has 0 aliphatic heterocycles. The summed E-state index contributed by atoms with van der Waals surface area (Å²) in [6.45, 7) is 18.2. The van der Waals surface area contributed by atoms with Gasteiger partial charge in [0.2, 0.25) is 0 Å². The number of hydrogen-bond donors (Lipinski definition) is 0. The molecular formula is C23H38O2. The van der Waals surface area contributed by atoms with Gasteiger partial charge >= 0.3 is 5.97 Å². The standard InChI is InChI=1S/C23H38O2/c1-17(2)16-25-21(24)19-12-9-13-20(15-19)23(7,8)14-10-11-18(3)22(4,5)6/h11-13,17H,9-10,14-16H2,1-8H3. The second-order valence-electron chi connectivity index (χ2n) is 9.42. The molecule has 0 aromatic carbocycles. The van der Waals surface area contributed by atoms with Crippen molar-refractivity contribution in [3.05, 3.63) is 34.9 Å². The molecule has 25 heavy (non-hydrogen) atoms. The van der Waals surface area contributed by atoms with Crippen LogP contribution in [0.3, 0.4) is 0 Å². The van der Waals surface area contributed by atoms with Crippen molar-refractivity contribution in [3.63, 3.8) is 0 Å². The number of ether oxygens (including phenoxy) is 1. The first kappa shape index (κ1) is 21.7. The van der Waals surface area contributed by atoms with Crippen LogP contribution in [0.2, 0.25) is 0 Å². The Morgan fingerprint density at radius 2 is 1.84 bits per heavy atom. The second kappa shape index (κ2) is 8.87. The van der Waals surface area contributed by atoms with Crippen LogP contribution >= 0.6 is 0 Å². The molecule has 0 aromatic rings. The topological polar surface area (TPSA) is 26.3 Å². The van der Waals surface area contributed by atoms with Crippen molar-refractivity contribution in [1.82, 2.24) is 0 Å². The first-order valence-corrected chi connectivity index (χ1v) is 9.66. The number of esters is 1. The maximum Gasteiger partial charge on any atom is 0.334 e. The van der Waals surface area contributed by atoms with Gasteiger partial charge in [0.25, 0.3) is 0 Å². The maximum absolute atomic E-state index is 12.3. The average molecular weight is 347 g/mol. The van der Waals surface area contributed by atoms with Crippen LogP contribution < -0.4 is 0 Å². The number of hydrogen-bond acceptors (Lipinski definition) is 2. The number of allylic oxidation sites excluding steroid dienone is 5. The molecule has 0 fully saturated rings. The van der Waals surface area contributed by atoms with Gasteiger partial charge in [0, 0.05) is 12.0 Å². The SMILES string of the molecule is CC(=CCCC(C)(C)C1=CCC=C(C(=O)OCC(C)C)C1)C(C)(C)C. The lowest BCUT2D eigenvalue weighted by atomic mass is 9.75. The zero-order valence-electron chi connectivity index (χ0n) is 17.7. The molecule has 0 unspecified atom stereocenters. The highest BCUT2D eigenvalue weighted by molar-refractivity contribution is 5.89. The van der Waals surface area contributed by atoms with Crippen molar-refractivity contribution in [1.29, 1.82) is 0 Å². The van der Waals surface area contributed by atoms with Crippen molar-refractivity contribution < 1.29 is 9.53 Å². The molecule has 2 nitrogen and oxygen atoms in total. The molecule has 1 aliphatic rings. The largest absolute Gasteiger partial charge is 0.462 e. The summed E-state index contributed by atoms with van der Waals surface area (Å²) >= 11 is 0. The van der Waals surface area contributed by atoms with Gasteiger partial charge < -0.3 is 4.74 Å². The molecule has 0 spiro atoms. The highest BCUT2D eigenvalue weighted by Crippen LogP contribution is 2.38. The molecule has 0 saturated carbocycles. The van der Waals surface area contributed by atoms with Gasteiger partial charge in [-0.3, -0.25) is 0 Å². The van der Waals surface area contributed by atoms with E-state index >= 15 is 0 Å². The van der Waals surface area contributed by atoms with E-state index in [0.29, 0.717) is 12.5 Å². The van der Waals surface area contributed by atoms with Crippen LogP contribution in [0.25, 0.3) is 0 Å². The third kappa shape index (κ3) is 7.22. The zero-order valence-corrected chi connectivity index (χ0v) is 17.7. The first-order valence-electron chi connectivity index (χ1n) is 9.66. The van der Waals surface area contributed by atoms with E-state index in [2.05, 4.69) is 67.5 Å².